The number of carbonyl (C=O) groups is 2. The molecular weight excluding hydrogens is 482 g/mol. The smallest absolute Gasteiger partial charge is 0.242 e. The second kappa shape index (κ2) is 11.6. The molecule has 0 fully saturated rings. The maximum absolute atomic E-state index is 13.3. The number of nitrogens with zero attached hydrogens (tertiary/aromatic N) is 2. The lowest BCUT2D eigenvalue weighted by Crippen LogP contribution is -2.49. The lowest BCUT2D eigenvalue weighted by atomic mass is 10.1. The largest absolute Gasteiger partial charge is 0.454 e. The fourth-order valence-corrected chi connectivity index (χ4v) is 5.00. The molecule has 9 nitrogen and oxygen atoms in total. The summed E-state index contributed by atoms with van der Waals surface area (Å²) < 4.78 is 37.0. The van der Waals surface area contributed by atoms with Gasteiger partial charge in [-0.25, -0.2) is 8.42 Å². The van der Waals surface area contributed by atoms with Crippen LogP contribution in [0, 0.1) is 6.92 Å². The first-order valence-corrected chi connectivity index (χ1v) is 13.8. The molecule has 1 heterocycles. The standard InChI is InChI=1S/C26H35N3O6S/c1-18(2)27-26(31)20(4)28(16-21-9-6-8-19(3)14-21)25(30)10-7-13-29(36(5,32)33)22-11-12-23-24(15-22)35-17-34-23/h6,8-9,11-12,14-15,18,20H,7,10,13,16-17H2,1-5H3,(H,27,31)/t20-/m0/s1. The van der Waals surface area contributed by atoms with Gasteiger partial charge in [-0.15, -0.1) is 0 Å². The highest BCUT2D eigenvalue weighted by Gasteiger charge is 2.27. The van der Waals surface area contributed by atoms with Crippen LogP contribution in [0.1, 0.15) is 44.7 Å². The van der Waals surface area contributed by atoms with Crippen molar-refractivity contribution in [1.29, 1.82) is 0 Å². The van der Waals surface area contributed by atoms with Crippen molar-refractivity contribution in [2.75, 3.05) is 23.9 Å². The second-order valence-electron chi connectivity index (χ2n) is 9.33. The number of ether oxygens (including phenoxy) is 2. The van der Waals surface area contributed by atoms with Crippen molar-refractivity contribution in [3.05, 3.63) is 53.6 Å². The summed E-state index contributed by atoms with van der Waals surface area (Å²) in [6.45, 7) is 7.90. The summed E-state index contributed by atoms with van der Waals surface area (Å²) in [5.74, 6) is 0.584. The minimum absolute atomic E-state index is 0.0547. The Morgan fingerprint density at radius 3 is 2.44 bits per heavy atom. The zero-order valence-corrected chi connectivity index (χ0v) is 22.3. The zero-order chi connectivity index (χ0) is 26.5. The van der Waals surface area contributed by atoms with Gasteiger partial charge in [-0.3, -0.25) is 13.9 Å². The number of sulfonamides is 1. The van der Waals surface area contributed by atoms with E-state index in [1.54, 1.807) is 30.0 Å². The SMILES string of the molecule is Cc1cccc(CN(C(=O)CCCN(c2ccc3c(c2)OCO3)S(C)(=O)=O)[C@@H](C)C(=O)NC(C)C)c1. The molecule has 3 rings (SSSR count). The Balaban J connectivity index is 1.73. The van der Waals surface area contributed by atoms with Crippen molar-refractivity contribution >= 4 is 27.5 Å². The van der Waals surface area contributed by atoms with Crippen LogP contribution in [0.4, 0.5) is 5.69 Å². The average molecular weight is 518 g/mol. The highest BCUT2D eigenvalue weighted by atomic mass is 32.2. The van der Waals surface area contributed by atoms with E-state index in [-0.39, 0.29) is 50.6 Å². The molecule has 1 aliphatic heterocycles. The van der Waals surface area contributed by atoms with E-state index >= 15 is 0 Å². The van der Waals surface area contributed by atoms with E-state index < -0.39 is 16.1 Å². The normalized spacial score (nSPS) is 13.4. The molecule has 0 aliphatic carbocycles. The molecule has 2 amide bonds. The minimum atomic E-state index is -3.60. The van der Waals surface area contributed by atoms with Gasteiger partial charge in [0.2, 0.25) is 28.6 Å². The molecule has 0 unspecified atom stereocenters. The van der Waals surface area contributed by atoms with Crippen LogP contribution in [0.25, 0.3) is 0 Å². The van der Waals surface area contributed by atoms with Crippen LogP contribution < -0.4 is 19.1 Å². The molecule has 0 spiro atoms. The summed E-state index contributed by atoms with van der Waals surface area (Å²) in [6, 6.07) is 12.0. The number of carbonyl (C=O) groups excluding carboxylic acids is 2. The summed E-state index contributed by atoms with van der Waals surface area (Å²) in [6.07, 6.45) is 1.49. The van der Waals surface area contributed by atoms with Crippen molar-refractivity contribution in [1.82, 2.24) is 10.2 Å². The topological polar surface area (TPSA) is 105 Å². The first-order chi connectivity index (χ1) is 17.0. The van der Waals surface area contributed by atoms with Crippen LogP contribution in [0.5, 0.6) is 11.5 Å². The van der Waals surface area contributed by atoms with Crippen LogP contribution >= 0.6 is 0 Å². The number of rotatable bonds is 11. The first kappa shape index (κ1) is 27.3. The number of amides is 2. The van der Waals surface area contributed by atoms with Gasteiger partial charge >= 0.3 is 0 Å². The number of aryl methyl sites for hydroxylation is 1. The fraction of sp³-hybridized carbons (Fsp3) is 0.462. The van der Waals surface area contributed by atoms with Crippen LogP contribution in [-0.2, 0) is 26.2 Å². The van der Waals surface area contributed by atoms with Gasteiger partial charge in [0.05, 0.1) is 11.9 Å². The van der Waals surface area contributed by atoms with Crippen LogP contribution in [0.2, 0.25) is 0 Å². The van der Waals surface area contributed by atoms with Crippen molar-refractivity contribution in [3.8, 4) is 11.5 Å². The quantitative estimate of drug-likeness (QED) is 0.491. The lowest BCUT2D eigenvalue weighted by molar-refractivity contribution is -0.140. The molecular formula is C26H35N3O6S. The van der Waals surface area contributed by atoms with Gasteiger partial charge in [0.15, 0.2) is 11.5 Å². The number of anilines is 1. The Morgan fingerprint density at radius 1 is 1.06 bits per heavy atom. The van der Waals surface area contributed by atoms with E-state index in [1.165, 1.54) is 4.31 Å². The Bertz CT molecular complexity index is 1200. The fourth-order valence-electron chi connectivity index (χ4n) is 4.04. The monoisotopic (exact) mass is 517 g/mol. The maximum Gasteiger partial charge on any atom is 0.242 e. The maximum atomic E-state index is 13.3. The molecule has 2 aromatic carbocycles. The van der Waals surface area contributed by atoms with Crippen LogP contribution in [0.3, 0.4) is 0 Å². The molecule has 0 saturated heterocycles. The Morgan fingerprint density at radius 2 is 1.78 bits per heavy atom. The van der Waals surface area contributed by atoms with Gasteiger partial charge in [-0.2, -0.15) is 0 Å². The van der Waals surface area contributed by atoms with E-state index in [4.69, 9.17) is 9.47 Å². The molecule has 2 aromatic rings. The molecule has 1 atom stereocenters. The number of benzene rings is 2. The summed E-state index contributed by atoms with van der Waals surface area (Å²) in [5.41, 5.74) is 2.42. The van der Waals surface area contributed by atoms with Gasteiger partial charge in [0.25, 0.3) is 0 Å². The van der Waals surface area contributed by atoms with Crippen molar-refractivity contribution in [2.45, 2.75) is 59.2 Å². The molecule has 10 heteroatoms. The number of hydrogen-bond acceptors (Lipinski definition) is 6. The van der Waals surface area contributed by atoms with E-state index in [0.29, 0.717) is 17.2 Å². The van der Waals surface area contributed by atoms with E-state index in [9.17, 15) is 18.0 Å². The molecule has 0 saturated carbocycles. The predicted molar refractivity (Wildman–Crippen MR) is 138 cm³/mol. The minimum Gasteiger partial charge on any atom is -0.454 e. The van der Waals surface area contributed by atoms with Gasteiger partial charge in [-0.1, -0.05) is 29.8 Å². The number of nitrogens with one attached hydrogen (secondary N) is 1. The van der Waals surface area contributed by atoms with Gasteiger partial charge < -0.3 is 19.7 Å². The third kappa shape index (κ3) is 7.13. The van der Waals surface area contributed by atoms with Crippen molar-refractivity contribution in [3.63, 3.8) is 0 Å². The first-order valence-electron chi connectivity index (χ1n) is 12.0. The van der Waals surface area contributed by atoms with Gasteiger partial charge in [-0.05, 0) is 51.8 Å². The Labute approximate surface area is 213 Å². The number of hydrogen-bond donors (Lipinski definition) is 1. The van der Waals surface area contributed by atoms with Crippen LogP contribution in [0.15, 0.2) is 42.5 Å². The summed E-state index contributed by atoms with van der Waals surface area (Å²) in [4.78, 5) is 27.6. The Kier molecular flexibility index (Phi) is 8.84. The number of fused-ring (bicyclic) bond motifs is 1. The Hall–Kier alpha value is -3.27. The van der Waals surface area contributed by atoms with Crippen LogP contribution in [-0.4, -0.2) is 56.8 Å². The third-order valence-corrected chi connectivity index (χ3v) is 7.02. The predicted octanol–water partition coefficient (Wildman–Crippen LogP) is 3.21. The molecule has 0 aromatic heterocycles. The highest BCUT2D eigenvalue weighted by Crippen LogP contribution is 2.36. The molecule has 0 bridgehead atoms. The molecule has 1 N–H and O–H groups in total. The van der Waals surface area contributed by atoms with Gasteiger partial charge in [0, 0.05) is 31.6 Å². The van der Waals surface area contributed by atoms with Crippen molar-refractivity contribution in [2.24, 2.45) is 0 Å². The molecule has 36 heavy (non-hydrogen) atoms. The molecule has 1 aliphatic rings. The summed E-state index contributed by atoms with van der Waals surface area (Å²) >= 11 is 0. The zero-order valence-electron chi connectivity index (χ0n) is 21.5. The average Bonchev–Trinajstić information content (AvgIpc) is 3.26. The van der Waals surface area contributed by atoms with Crippen molar-refractivity contribution < 1.29 is 27.5 Å². The third-order valence-electron chi connectivity index (χ3n) is 5.83. The second-order valence-corrected chi connectivity index (χ2v) is 11.2. The van der Waals surface area contributed by atoms with E-state index in [2.05, 4.69) is 5.32 Å². The molecule has 196 valence electrons. The lowest BCUT2D eigenvalue weighted by Gasteiger charge is -2.30. The molecule has 0 radical (unpaired) electrons. The summed E-state index contributed by atoms with van der Waals surface area (Å²) in [7, 11) is -3.60. The van der Waals surface area contributed by atoms with E-state index in [0.717, 1.165) is 17.4 Å². The van der Waals surface area contributed by atoms with Gasteiger partial charge in [0.1, 0.15) is 6.04 Å². The van der Waals surface area contributed by atoms with E-state index in [1.807, 2.05) is 45.0 Å². The summed E-state index contributed by atoms with van der Waals surface area (Å²) in [5, 5.41) is 2.87. The highest BCUT2D eigenvalue weighted by molar-refractivity contribution is 7.92.